The zero-order chi connectivity index (χ0) is 15.4. The molecule has 0 spiro atoms. The molecule has 0 radical (unpaired) electrons. The quantitative estimate of drug-likeness (QED) is 0.865. The van der Waals surface area contributed by atoms with Gasteiger partial charge < -0.3 is 10.0 Å². The molecule has 1 saturated carbocycles. The lowest BCUT2D eigenvalue weighted by Crippen LogP contribution is -2.39. The van der Waals surface area contributed by atoms with Crippen molar-refractivity contribution in [3.8, 4) is 12.3 Å². The molecule has 1 fully saturated rings. The van der Waals surface area contributed by atoms with Crippen molar-refractivity contribution in [3.05, 3.63) is 34.9 Å². The lowest BCUT2D eigenvalue weighted by molar-refractivity contribution is 0.0696. The van der Waals surface area contributed by atoms with Gasteiger partial charge in [-0.2, -0.15) is 0 Å². The first-order valence-electron chi connectivity index (χ1n) is 7.12. The number of amides is 1. The Morgan fingerprint density at radius 2 is 1.90 bits per heavy atom. The Labute approximate surface area is 124 Å². The van der Waals surface area contributed by atoms with E-state index in [2.05, 4.69) is 5.92 Å². The van der Waals surface area contributed by atoms with Crippen molar-refractivity contribution >= 4 is 11.9 Å². The number of hydrogen-bond acceptors (Lipinski definition) is 2. The third-order valence-electron chi connectivity index (χ3n) is 3.86. The lowest BCUT2D eigenvalue weighted by Gasteiger charge is -2.27. The molecule has 0 aromatic heterocycles. The van der Waals surface area contributed by atoms with Crippen LogP contribution in [0.2, 0.25) is 0 Å². The maximum atomic E-state index is 12.7. The zero-order valence-corrected chi connectivity index (χ0v) is 12.1. The Morgan fingerprint density at radius 1 is 1.29 bits per heavy atom. The van der Waals surface area contributed by atoms with Crippen LogP contribution in [0.15, 0.2) is 18.2 Å². The molecule has 1 aliphatic carbocycles. The second-order valence-corrected chi connectivity index (χ2v) is 5.47. The van der Waals surface area contributed by atoms with E-state index in [9.17, 15) is 9.59 Å². The van der Waals surface area contributed by atoms with Crippen LogP contribution in [-0.2, 0) is 0 Å². The number of carbonyl (C=O) groups is 2. The molecular weight excluding hydrogens is 266 g/mol. The third kappa shape index (κ3) is 3.43. The molecule has 0 unspecified atom stereocenters. The number of aryl methyl sites for hydroxylation is 1. The van der Waals surface area contributed by atoms with Gasteiger partial charge in [-0.1, -0.05) is 18.8 Å². The zero-order valence-electron chi connectivity index (χ0n) is 12.1. The van der Waals surface area contributed by atoms with Gasteiger partial charge in [0.15, 0.2) is 0 Å². The Hall–Kier alpha value is -2.28. The molecule has 0 heterocycles. The smallest absolute Gasteiger partial charge is 0.335 e. The Morgan fingerprint density at radius 3 is 2.48 bits per heavy atom. The lowest BCUT2D eigenvalue weighted by atomic mass is 10.0. The van der Waals surface area contributed by atoms with Crippen LogP contribution in [-0.4, -0.2) is 34.5 Å². The summed E-state index contributed by atoms with van der Waals surface area (Å²) >= 11 is 0. The molecule has 1 aromatic rings. The Kier molecular flexibility index (Phi) is 4.64. The molecule has 0 bridgehead atoms. The van der Waals surface area contributed by atoms with Crippen LogP contribution >= 0.6 is 0 Å². The van der Waals surface area contributed by atoms with Gasteiger partial charge in [0.05, 0.1) is 12.1 Å². The Bertz CT molecular complexity index is 595. The molecule has 0 saturated heterocycles. The fourth-order valence-corrected chi connectivity index (χ4v) is 2.88. The maximum Gasteiger partial charge on any atom is 0.335 e. The van der Waals surface area contributed by atoms with Crippen molar-refractivity contribution in [2.24, 2.45) is 0 Å². The highest BCUT2D eigenvalue weighted by molar-refractivity contribution is 5.98. The minimum absolute atomic E-state index is 0.130. The summed E-state index contributed by atoms with van der Waals surface area (Å²) in [6.07, 6.45) is 9.52. The number of carbonyl (C=O) groups excluding carboxylic acids is 1. The molecule has 0 atom stereocenters. The van der Waals surface area contributed by atoms with Gasteiger partial charge in [0.25, 0.3) is 5.91 Å². The predicted octanol–water partition coefficient (Wildman–Crippen LogP) is 2.71. The summed E-state index contributed by atoms with van der Waals surface area (Å²) in [6.45, 7) is 2.05. The molecule has 1 aliphatic rings. The SMILES string of the molecule is C#CCN(C(=O)c1cc(C)cc(C(=O)O)c1)C1CCCC1. The summed E-state index contributed by atoms with van der Waals surface area (Å²) < 4.78 is 0. The average Bonchev–Trinajstić information content (AvgIpc) is 2.97. The summed E-state index contributed by atoms with van der Waals surface area (Å²) in [5.41, 5.74) is 1.28. The first kappa shape index (κ1) is 15.1. The molecule has 4 heteroatoms. The van der Waals surface area contributed by atoms with Crippen LogP contribution < -0.4 is 0 Å². The summed E-state index contributed by atoms with van der Waals surface area (Å²) in [4.78, 5) is 25.5. The van der Waals surface area contributed by atoms with E-state index in [0.717, 1.165) is 31.2 Å². The van der Waals surface area contributed by atoms with Crippen molar-refractivity contribution < 1.29 is 14.7 Å². The molecule has 21 heavy (non-hydrogen) atoms. The predicted molar refractivity (Wildman–Crippen MR) is 80.3 cm³/mol. The Balaban J connectivity index is 2.32. The monoisotopic (exact) mass is 285 g/mol. The molecule has 110 valence electrons. The van der Waals surface area contributed by atoms with Gasteiger partial charge >= 0.3 is 5.97 Å². The van der Waals surface area contributed by atoms with Gasteiger partial charge in [-0.15, -0.1) is 6.42 Å². The topological polar surface area (TPSA) is 57.6 Å². The highest BCUT2D eigenvalue weighted by atomic mass is 16.4. The van der Waals surface area contributed by atoms with Crippen LogP contribution in [0.25, 0.3) is 0 Å². The van der Waals surface area contributed by atoms with Gasteiger partial charge in [0.1, 0.15) is 0 Å². The standard InChI is InChI=1S/C17H19NO3/c1-3-8-18(15-6-4-5-7-15)16(19)13-9-12(2)10-14(11-13)17(20)21/h1,9-11,15H,4-8H2,2H3,(H,20,21). The third-order valence-corrected chi connectivity index (χ3v) is 3.86. The highest BCUT2D eigenvalue weighted by Crippen LogP contribution is 2.25. The van der Waals surface area contributed by atoms with Crippen LogP contribution in [0, 0.1) is 19.3 Å². The minimum atomic E-state index is -1.03. The minimum Gasteiger partial charge on any atom is -0.478 e. The van der Waals surface area contributed by atoms with Gasteiger partial charge in [-0.05, 0) is 43.5 Å². The van der Waals surface area contributed by atoms with Crippen molar-refractivity contribution in [1.82, 2.24) is 4.90 Å². The number of carboxylic acids is 1. The summed E-state index contributed by atoms with van der Waals surface area (Å²) in [7, 11) is 0. The van der Waals surface area contributed by atoms with Gasteiger partial charge in [0, 0.05) is 11.6 Å². The van der Waals surface area contributed by atoms with E-state index in [1.807, 2.05) is 0 Å². The summed E-state index contributed by atoms with van der Waals surface area (Å²) in [5.74, 6) is 1.33. The molecular formula is C17H19NO3. The van der Waals surface area contributed by atoms with Crippen molar-refractivity contribution in [1.29, 1.82) is 0 Å². The molecule has 1 amide bonds. The van der Waals surface area contributed by atoms with Crippen LogP contribution in [0.1, 0.15) is 52.0 Å². The first-order chi connectivity index (χ1) is 10.0. The molecule has 1 N–H and O–H groups in total. The number of carboxylic acid groups (broad SMARTS) is 1. The number of nitrogens with zero attached hydrogens (tertiary/aromatic N) is 1. The van der Waals surface area contributed by atoms with E-state index in [1.54, 1.807) is 24.0 Å². The number of rotatable bonds is 4. The van der Waals surface area contributed by atoms with E-state index in [1.165, 1.54) is 6.07 Å². The fourth-order valence-electron chi connectivity index (χ4n) is 2.88. The average molecular weight is 285 g/mol. The molecule has 0 aliphatic heterocycles. The van der Waals surface area contributed by atoms with Crippen molar-refractivity contribution in [2.45, 2.75) is 38.6 Å². The van der Waals surface area contributed by atoms with Crippen LogP contribution in [0.4, 0.5) is 0 Å². The number of hydrogen-bond donors (Lipinski definition) is 1. The number of aromatic carboxylic acids is 1. The van der Waals surface area contributed by atoms with Crippen molar-refractivity contribution in [2.75, 3.05) is 6.54 Å². The maximum absolute atomic E-state index is 12.7. The van der Waals surface area contributed by atoms with Gasteiger partial charge in [0.2, 0.25) is 0 Å². The van der Waals surface area contributed by atoms with E-state index in [4.69, 9.17) is 11.5 Å². The van der Waals surface area contributed by atoms with Crippen molar-refractivity contribution in [3.63, 3.8) is 0 Å². The number of terminal acetylenes is 1. The van der Waals surface area contributed by atoms with E-state index in [0.29, 0.717) is 5.56 Å². The van der Waals surface area contributed by atoms with E-state index in [-0.39, 0.29) is 24.1 Å². The fraction of sp³-hybridized carbons (Fsp3) is 0.412. The first-order valence-corrected chi connectivity index (χ1v) is 7.12. The second-order valence-electron chi connectivity index (χ2n) is 5.47. The van der Waals surface area contributed by atoms with Crippen LogP contribution in [0.3, 0.4) is 0 Å². The van der Waals surface area contributed by atoms with Gasteiger partial charge in [-0.3, -0.25) is 4.79 Å². The number of benzene rings is 1. The van der Waals surface area contributed by atoms with Crippen LogP contribution in [0.5, 0.6) is 0 Å². The summed E-state index contributed by atoms with van der Waals surface area (Å²) in [6, 6.07) is 4.87. The molecule has 1 aromatic carbocycles. The van der Waals surface area contributed by atoms with E-state index >= 15 is 0 Å². The highest BCUT2D eigenvalue weighted by Gasteiger charge is 2.27. The summed E-state index contributed by atoms with van der Waals surface area (Å²) in [5, 5.41) is 9.11. The second kappa shape index (κ2) is 6.45. The molecule has 4 nitrogen and oxygen atoms in total. The largest absolute Gasteiger partial charge is 0.478 e. The normalized spacial score (nSPS) is 14.7. The van der Waals surface area contributed by atoms with E-state index < -0.39 is 5.97 Å². The van der Waals surface area contributed by atoms with Gasteiger partial charge in [-0.25, -0.2) is 4.79 Å². The molecule has 2 rings (SSSR count).